The van der Waals surface area contributed by atoms with Crippen LogP contribution in [0.4, 0.5) is 0 Å². The highest BCUT2D eigenvalue weighted by molar-refractivity contribution is 5.91. The van der Waals surface area contributed by atoms with Gasteiger partial charge in [-0.25, -0.2) is 19.1 Å². The molecule has 1 N–H and O–H groups in total. The molecule has 10 heteroatoms. The van der Waals surface area contributed by atoms with Crippen molar-refractivity contribution in [2.75, 3.05) is 0 Å². The lowest BCUT2D eigenvalue weighted by Crippen LogP contribution is -2.09. The molecule has 0 saturated heterocycles. The highest BCUT2D eigenvalue weighted by Gasteiger charge is 2.24. The molecule has 0 spiro atoms. The van der Waals surface area contributed by atoms with Crippen LogP contribution in [-0.4, -0.2) is 45.9 Å². The van der Waals surface area contributed by atoms with E-state index >= 15 is 0 Å². The van der Waals surface area contributed by atoms with Crippen molar-refractivity contribution in [3.8, 4) is 11.5 Å². The number of hydrogen-bond acceptors (Lipinski definition) is 7. The summed E-state index contributed by atoms with van der Waals surface area (Å²) in [7, 11) is 1.76. The van der Waals surface area contributed by atoms with Crippen LogP contribution in [0.25, 0.3) is 11.5 Å². The second-order valence-corrected chi connectivity index (χ2v) is 4.41. The van der Waals surface area contributed by atoms with Gasteiger partial charge in [-0.1, -0.05) is 15.5 Å². The Hall–Kier alpha value is -3.04. The summed E-state index contributed by atoms with van der Waals surface area (Å²) in [6, 6.07) is 0. The first-order valence-corrected chi connectivity index (χ1v) is 6.00. The van der Waals surface area contributed by atoms with E-state index in [-0.39, 0.29) is 12.2 Å². The second-order valence-electron chi connectivity index (χ2n) is 4.41. The molecule has 0 unspecified atom stereocenters. The summed E-state index contributed by atoms with van der Waals surface area (Å²) in [6.07, 6.45) is 3.28. The van der Waals surface area contributed by atoms with Crippen molar-refractivity contribution in [2.45, 2.75) is 13.5 Å². The Bertz CT molecular complexity index is 800. The topological polar surface area (TPSA) is 125 Å². The minimum atomic E-state index is -1.17. The van der Waals surface area contributed by atoms with E-state index in [1.807, 2.05) is 0 Å². The molecule has 21 heavy (non-hydrogen) atoms. The fraction of sp³-hybridized carbons (Fsp3) is 0.273. The Labute approximate surface area is 118 Å². The molecule has 0 bridgehead atoms. The second kappa shape index (κ2) is 4.81. The molecule has 3 rings (SSSR count). The first-order chi connectivity index (χ1) is 10.1. The number of nitrogens with zero attached hydrogens (tertiary/aromatic N) is 7. The van der Waals surface area contributed by atoms with Crippen LogP contribution >= 0.6 is 0 Å². The van der Waals surface area contributed by atoms with Gasteiger partial charge >= 0.3 is 5.97 Å². The number of carbonyl (C=O) groups is 1. The van der Waals surface area contributed by atoms with Gasteiger partial charge in [0.05, 0.1) is 6.54 Å². The van der Waals surface area contributed by atoms with E-state index in [0.717, 1.165) is 0 Å². The first kappa shape index (κ1) is 13.0. The number of hydrogen-bond donors (Lipinski definition) is 1. The Morgan fingerprint density at radius 1 is 1.43 bits per heavy atom. The number of aryl methyl sites for hydroxylation is 2. The lowest BCUT2D eigenvalue weighted by Gasteiger charge is -2.05. The molecule has 0 fully saturated rings. The van der Waals surface area contributed by atoms with Crippen LogP contribution in [0.15, 0.2) is 17.0 Å². The molecule has 108 valence electrons. The normalized spacial score (nSPS) is 11.0. The molecule has 0 atom stereocenters. The number of rotatable bonds is 4. The summed E-state index contributed by atoms with van der Waals surface area (Å²) in [5, 5.41) is 24.3. The number of carboxylic acids is 1. The molecule has 3 heterocycles. The standard InChI is InChI=1S/C11H11N7O3/c1-6-7(15-21-14-6)5-18-9(8(11(19)20)13-16-18)10-12-3-4-17(10)2/h3-4H,5H2,1-2H3,(H,19,20). The van der Waals surface area contributed by atoms with Gasteiger partial charge in [0.15, 0.2) is 5.82 Å². The zero-order chi connectivity index (χ0) is 15.0. The van der Waals surface area contributed by atoms with E-state index in [9.17, 15) is 9.90 Å². The van der Waals surface area contributed by atoms with Crippen molar-refractivity contribution in [1.82, 2.24) is 34.9 Å². The summed E-state index contributed by atoms with van der Waals surface area (Å²) in [6.45, 7) is 1.93. The summed E-state index contributed by atoms with van der Waals surface area (Å²) in [5.41, 5.74) is 1.29. The van der Waals surface area contributed by atoms with Crippen molar-refractivity contribution in [1.29, 1.82) is 0 Å². The van der Waals surface area contributed by atoms with Gasteiger partial charge in [0, 0.05) is 19.4 Å². The van der Waals surface area contributed by atoms with Gasteiger partial charge in [-0.05, 0) is 6.92 Å². The summed E-state index contributed by atoms with van der Waals surface area (Å²) < 4.78 is 7.73. The fourth-order valence-electron chi connectivity index (χ4n) is 1.92. The van der Waals surface area contributed by atoms with Gasteiger partial charge < -0.3 is 9.67 Å². The molecular weight excluding hydrogens is 278 g/mol. The van der Waals surface area contributed by atoms with Crippen LogP contribution in [0.3, 0.4) is 0 Å². The van der Waals surface area contributed by atoms with Crippen LogP contribution in [0, 0.1) is 6.92 Å². The van der Waals surface area contributed by atoms with Crippen LogP contribution in [-0.2, 0) is 13.6 Å². The smallest absolute Gasteiger partial charge is 0.358 e. The molecule has 0 aliphatic carbocycles. The average Bonchev–Trinajstić information content (AvgIpc) is 3.12. The van der Waals surface area contributed by atoms with Crippen LogP contribution in [0.2, 0.25) is 0 Å². The molecule has 0 aliphatic rings. The van der Waals surface area contributed by atoms with E-state index in [2.05, 4.69) is 30.2 Å². The monoisotopic (exact) mass is 289 g/mol. The summed E-state index contributed by atoms with van der Waals surface area (Å²) in [5.74, 6) is -0.722. The molecule has 10 nitrogen and oxygen atoms in total. The van der Waals surface area contributed by atoms with Gasteiger partial charge in [-0.15, -0.1) is 5.10 Å². The van der Waals surface area contributed by atoms with Crippen molar-refractivity contribution < 1.29 is 14.5 Å². The molecule has 3 aromatic heterocycles. The molecule has 0 saturated carbocycles. The van der Waals surface area contributed by atoms with E-state index in [1.54, 1.807) is 30.9 Å². The van der Waals surface area contributed by atoms with Crippen LogP contribution < -0.4 is 0 Å². The largest absolute Gasteiger partial charge is 0.476 e. The van der Waals surface area contributed by atoms with E-state index in [4.69, 9.17) is 0 Å². The van der Waals surface area contributed by atoms with Crippen molar-refractivity contribution in [3.63, 3.8) is 0 Å². The van der Waals surface area contributed by atoms with Gasteiger partial charge in [0.2, 0.25) is 5.69 Å². The lowest BCUT2D eigenvalue weighted by molar-refractivity contribution is 0.0691. The third-order valence-electron chi connectivity index (χ3n) is 3.02. The minimum Gasteiger partial charge on any atom is -0.476 e. The first-order valence-electron chi connectivity index (χ1n) is 6.00. The van der Waals surface area contributed by atoms with Crippen LogP contribution in [0.1, 0.15) is 21.9 Å². The SMILES string of the molecule is Cc1nonc1Cn1nnc(C(=O)O)c1-c1nccn1C. The maximum Gasteiger partial charge on any atom is 0.358 e. The summed E-state index contributed by atoms with van der Waals surface area (Å²) >= 11 is 0. The van der Waals surface area contributed by atoms with Crippen LogP contribution in [0.5, 0.6) is 0 Å². The molecule has 0 aliphatic heterocycles. The number of imidazole rings is 1. The van der Waals surface area contributed by atoms with Gasteiger partial charge in [-0.2, -0.15) is 0 Å². The Morgan fingerprint density at radius 3 is 2.81 bits per heavy atom. The van der Waals surface area contributed by atoms with Crippen molar-refractivity contribution in [2.24, 2.45) is 7.05 Å². The number of aromatic carboxylic acids is 1. The third kappa shape index (κ3) is 2.16. The molecule has 0 aromatic carbocycles. The quantitative estimate of drug-likeness (QED) is 0.717. The highest BCUT2D eigenvalue weighted by atomic mass is 16.6. The highest BCUT2D eigenvalue weighted by Crippen LogP contribution is 2.21. The van der Waals surface area contributed by atoms with Gasteiger partial charge in [0.25, 0.3) is 0 Å². The van der Waals surface area contributed by atoms with Gasteiger partial charge in [0.1, 0.15) is 17.1 Å². The predicted molar refractivity (Wildman–Crippen MR) is 67.3 cm³/mol. The molecular formula is C11H11N7O3. The van der Waals surface area contributed by atoms with Crippen molar-refractivity contribution >= 4 is 5.97 Å². The van der Waals surface area contributed by atoms with E-state index in [1.165, 1.54) is 4.68 Å². The number of carboxylic acid groups (broad SMARTS) is 1. The Balaban J connectivity index is 2.12. The Kier molecular flexibility index (Phi) is 2.97. The average molecular weight is 289 g/mol. The maximum absolute atomic E-state index is 11.3. The van der Waals surface area contributed by atoms with Gasteiger partial charge in [-0.3, -0.25) is 0 Å². The third-order valence-corrected chi connectivity index (χ3v) is 3.02. The lowest BCUT2D eigenvalue weighted by atomic mass is 10.2. The molecule has 3 aromatic rings. The number of aromatic nitrogens is 7. The molecule has 0 amide bonds. The summed E-state index contributed by atoms with van der Waals surface area (Å²) in [4.78, 5) is 15.5. The fourth-order valence-corrected chi connectivity index (χ4v) is 1.92. The predicted octanol–water partition coefficient (Wildman–Crippen LogP) is 0.117. The van der Waals surface area contributed by atoms with Crippen molar-refractivity contribution in [3.05, 3.63) is 29.5 Å². The van der Waals surface area contributed by atoms with E-state index < -0.39 is 5.97 Å². The zero-order valence-corrected chi connectivity index (χ0v) is 11.3. The minimum absolute atomic E-state index is 0.168. The zero-order valence-electron chi connectivity index (χ0n) is 11.3. The van der Waals surface area contributed by atoms with E-state index in [0.29, 0.717) is 22.9 Å². The Morgan fingerprint density at radius 2 is 2.24 bits per heavy atom. The maximum atomic E-state index is 11.3. The molecule has 0 radical (unpaired) electrons.